The highest BCUT2D eigenvalue weighted by Crippen LogP contribution is 2.20. The van der Waals surface area contributed by atoms with E-state index in [4.69, 9.17) is 0 Å². The molecule has 0 fully saturated rings. The molecule has 0 saturated heterocycles. The van der Waals surface area contributed by atoms with Gasteiger partial charge in [-0.25, -0.2) is 4.98 Å². The van der Waals surface area contributed by atoms with Crippen LogP contribution < -0.4 is 5.32 Å². The van der Waals surface area contributed by atoms with Gasteiger partial charge in [-0.05, 0) is 28.1 Å². The van der Waals surface area contributed by atoms with Crippen LogP contribution in [0.25, 0.3) is 5.65 Å². The molecule has 0 bridgehead atoms. The quantitative estimate of drug-likeness (QED) is 0.823. The number of halogens is 4. The van der Waals surface area contributed by atoms with Crippen LogP contribution in [0.4, 0.5) is 19.0 Å². The normalized spacial score (nSPS) is 11.8. The third-order valence-electron chi connectivity index (χ3n) is 1.94. The third kappa shape index (κ3) is 2.41. The molecule has 0 aliphatic carbocycles. The molecule has 0 aliphatic rings. The number of nitrogens with one attached hydrogen (secondary N) is 1. The van der Waals surface area contributed by atoms with E-state index in [-0.39, 0.29) is 5.82 Å². The first-order valence-corrected chi connectivity index (χ1v) is 5.19. The van der Waals surface area contributed by atoms with E-state index in [9.17, 15) is 18.0 Å². The second-order valence-electron chi connectivity index (χ2n) is 3.15. The van der Waals surface area contributed by atoms with Gasteiger partial charge >= 0.3 is 12.1 Å². The van der Waals surface area contributed by atoms with Crippen LogP contribution in [-0.4, -0.2) is 21.5 Å². The molecular formula is C9H5BrF3N3O. The Morgan fingerprint density at radius 2 is 2.12 bits per heavy atom. The lowest BCUT2D eigenvalue weighted by Gasteiger charge is -2.04. The van der Waals surface area contributed by atoms with Crippen LogP contribution in [-0.2, 0) is 4.79 Å². The molecular weight excluding hydrogens is 303 g/mol. The number of hydrogen-bond donors (Lipinski definition) is 1. The fraction of sp³-hybridized carbons (Fsp3) is 0.111. The van der Waals surface area contributed by atoms with Gasteiger partial charge in [-0.2, -0.15) is 13.2 Å². The molecule has 2 heterocycles. The zero-order valence-electron chi connectivity index (χ0n) is 8.12. The number of anilines is 1. The summed E-state index contributed by atoms with van der Waals surface area (Å²) < 4.78 is 38.2. The van der Waals surface area contributed by atoms with Crippen LogP contribution in [0.5, 0.6) is 0 Å². The number of nitrogens with zero attached hydrogens (tertiary/aromatic N) is 2. The molecule has 8 heteroatoms. The zero-order valence-corrected chi connectivity index (χ0v) is 9.71. The Morgan fingerprint density at radius 1 is 1.41 bits per heavy atom. The van der Waals surface area contributed by atoms with Crippen LogP contribution in [0.2, 0.25) is 0 Å². The molecule has 0 aromatic carbocycles. The topological polar surface area (TPSA) is 46.4 Å². The van der Waals surface area contributed by atoms with Crippen molar-refractivity contribution in [3.8, 4) is 0 Å². The Bertz CT molecular complexity index is 578. The van der Waals surface area contributed by atoms with E-state index in [2.05, 4.69) is 20.9 Å². The van der Waals surface area contributed by atoms with Gasteiger partial charge in [0.25, 0.3) is 0 Å². The number of carbonyl (C=O) groups is 1. The van der Waals surface area contributed by atoms with Gasteiger partial charge < -0.3 is 5.32 Å². The molecule has 0 spiro atoms. The van der Waals surface area contributed by atoms with Gasteiger partial charge in [0.15, 0.2) is 5.82 Å². The Labute approximate surface area is 102 Å². The van der Waals surface area contributed by atoms with E-state index in [1.807, 2.05) is 0 Å². The molecule has 90 valence electrons. The highest BCUT2D eigenvalue weighted by atomic mass is 79.9. The van der Waals surface area contributed by atoms with Crippen molar-refractivity contribution in [1.29, 1.82) is 0 Å². The molecule has 0 aliphatic heterocycles. The Hall–Kier alpha value is -1.57. The highest BCUT2D eigenvalue weighted by molar-refractivity contribution is 9.10. The Balaban J connectivity index is 2.32. The second kappa shape index (κ2) is 4.02. The van der Waals surface area contributed by atoms with E-state index in [1.54, 1.807) is 23.5 Å². The molecule has 2 rings (SSSR count). The smallest absolute Gasteiger partial charge is 0.301 e. The van der Waals surface area contributed by atoms with E-state index >= 15 is 0 Å². The van der Waals surface area contributed by atoms with Crippen LogP contribution in [0.3, 0.4) is 0 Å². The zero-order chi connectivity index (χ0) is 12.6. The molecule has 1 N–H and O–H groups in total. The largest absolute Gasteiger partial charge is 0.471 e. The minimum absolute atomic E-state index is 0.153. The lowest BCUT2D eigenvalue weighted by atomic mass is 10.5. The van der Waals surface area contributed by atoms with E-state index in [0.29, 0.717) is 10.3 Å². The summed E-state index contributed by atoms with van der Waals surface area (Å²) in [5.41, 5.74) is 0.428. The molecule has 2 aromatic rings. The fourth-order valence-corrected chi connectivity index (χ4v) is 1.66. The summed E-state index contributed by atoms with van der Waals surface area (Å²) in [4.78, 5) is 14.5. The van der Waals surface area contributed by atoms with Gasteiger partial charge in [0.2, 0.25) is 0 Å². The molecule has 1 amide bonds. The first kappa shape index (κ1) is 11.9. The number of fused-ring (bicyclic) bond motifs is 1. The van der Waals surface area contributed by atoms with Crippen molar-refractivity contribution < 1.29 is 18.0 Å². The Kier molecular flexibility index (Phi) is 2.82. The molecule has 0 atom stereocenters. The molecule has 2 aromatic heterocycles. The minimum Gasteiger partial charge on any atom is -0.301 e. The second-order valence-corrected chi connectivity index (χ2v) is 3.97. The van der Waals surface area contributed by atoms with E-state index < -0.39 is 12.1 Å². The first-order valence-electron chi connectivity index (χ1n) is 4.40. The van der Waals surface area contributed by atoms with Crippen molar-refractivity contribution in [2.24, 2.45) is 0 Å². The number of carbonyl (C=O) groups excluding carboxylic acids is 1. The SMILES string of the molecule is O=C(Nc1cn2c(Br)cccc2n1)C(F)(F)F. The van der Waals surface area contributed by atoms with Crippen molar-refractivity contribution >= 4 is 33.3 Å². The standard InChI is InChI=1S/C9H5BrF3N3O/c10-5-2-1-3-7-14-6(4-16(5)7)15-8(17)9(11,12)13/h1-4H,(H,15,17). The van der Waals surface area contributed by atoms with Crippen LogP contribution in [0.1, 0.15) is 0 Å². The van der Waals surface area contributed by atoms with Gasteiger partial charge in [-0.1, -0.05) is 6.07 Å². The summed E-state index contributed by atoms with van der Waals surface area (Å²) in [5.74, 6) is -2.20. The van der Waals surface area contributed by atoms with Crippen molar-refractivity contribution in [3.05, 3.63) is 29.0 Å². The van der Waals surface area contributed by atoms with Gasteiger partial charge in [0, 0.05) is 0 Å². The number of imidazole rings is 1. The van der Waals surface area contributed by atoms with Crippen LogP contribution >= 0.6 is 15.9 Å². The number of alkyl halides is 3. The van der Waals surface area contributed by atoms with Crippen LogP contribution in [0, 0.1) is 0 Å². The summed E-state index contributed by atoms with van der Waals surface area (Å²) in [5, 5.41) is 1.68. The summed E-state index contributed by atoms with van der Waals surface area (Å²) in [7, 11) is 0. The molecule has 0 radical (unpaired) electrons. The maximum Gasteiger partial charge on any atom is 0.471 e. The summed E-state index contributed by atoms with van der Waals surface area (Å²) in [6, 6.07) is 4.99. The van der Waals surface area contributed by atoms with Gasteiger partial charge in [-0.15, -0.1) is 0 Å². The fourth-order valence-electron chi connectivity index (χ4n) is 1.22. The lowest BCUT2D eigenvalue weighted by molar-refractivity contribution is -0.167. The van der Waals surface area contributed by atoms with Crippen molar-refractivity contribution in [2.75, 3.05) is 5.32 Å². The number of aromatic nitrogens is 2. The predicted octanol–water partition coefficient (Wildman–Crippen LogP) is 2.60. The predicted molar refractivity (Wildman–Crippen MR) is 57.6 cm³/mol. The molecule has 17 heavy (non-hydrogen) atoms. The van der Waals surface area contributed by atoms with Crippen molar-refractivity contribution in [2.45, 2.75) is 6.18 Å². The lowest BCUT2D eigenvalue weighted by Crippen LogP contribution is -2.30. The number of pyridine rings is 1. The Morgan fingerprint density at radius 3 is 2.71 bits per heavy atom. The van der Waals surface area contributed by atoms with Gasteiger partial charge in [0.05, 0.1) is 10.8 Å². The summed E-state index contributed by atoms with van der Waals surface area (Å²) in [6.07, 6.45) is -3.63. The van der Waals surface area contributed by atoms with Gasteiger partial charge in [0.1, 0.15) is 5.65 Å². The maximum absolute atomic E-state index is 12.0. The maximum atomic E-state index is 12.0. The molecule has 0 unspecified atom stereocenters. The van der Waals surface area contributed by atoms with Gasteiger partial charge in [-0.3, -0.25) is 9.20 Å². The molecule has 0 saturated carbocycles. The van der Waals surface area contributed by atoms with Crippen molar-refractivity contribution in [1.82, 2.24) is 9.38 Å². The summed E-state index contributed by atoms with van der Waals surface area (Å²) >= 11 is 3.20. The average molecular weight is 308 g/mol. The monoisotopic (exact) mass is 307 g/mol. The van der Waals surface area contributed by atoms with Crippen LogP contribution in [0.15, 0.2) is 29.0 Å². The highest BCUT2D eigenvalue weighted by Gasteiger charge is 2.39. The number of rotatable bonds is 1. The van der Waals surface area contributed by atoms with E-state index in [1.165, 1.54) is 10.6 Å². The molecule has 4 nitrogen and oxygen atoms in total. The first-order chi connectivity index (χ1) is 7.88. The number of hydrogen-bond acceptors (Lipinski definition) is 2. The summed E-state index contributed by atoms with van der Waals surface area (Å²) in [6.45, 7) is 0. The minimum atomic E-state index is -4.92. The van der Waals surface area contributed by atoms with Crippen molar-refractivity contribution in [3.63, 3.8) is 0 Å². The van der Waals surface area contributed by atoms with E-state index in [0.717, 1.165) is 0 Å². The average Bonchev–Trinajstić information content (AvgIpc) is 2.60. The third-order valence-corrected chi connectivity index (χ3v) is 2.59. The number of amides is 1.